The van der Waals surface area contributed by atoms with Gasteiger partial charge in [-0.2, -0.15) is 0 Å². The van der Waals surface area contributed by atoms with Crippen LogP contribution in [0.3, 0.4) is 0 Å². The zero-order valence-electron chi connectivity index (χ0n) is 18.2. The molecule has 2 atom stereocenters. The lowest BCUT2D eigenvalue weighted by Gasteiger charge is -2.21. The standard InChI is InChI=1S/C23H44O4/c1-4-5-6-7-8-9-10-11-12-13-14-15-16-17-18-22(2)20-23(3,27-26-22)19-21(24)25/h4-20H2,1-3H3,(H,24,25)/t22-,23+/m1/s1. The van der Waals surface area contributed by atoms with Crippen LogP contribution in [0.1, 0.15) is 130 Å². The second-order valence-corrected chi connectivity index (χ2v) is 9.16. The van der Waals surface area contributed by atoms with Gasteiger partial charge >= 0.3 is 5.97 Å². The minimum absolute atomic E-state index is 0.00132. The average molecular weight is 385 g/mol. The molecule has 1 heterocycles. The molecule has 0 radical (unpaired) electrons. The Morgan fingerprint density at radius 3 is 1.59 bits per heavy atom. The number of unbranched alkanes of at least 4 members (excludes halogenated alkanes) is 13. The van der Waals surface area contributed by atoms with Gasteiger partial charge in [0.25, 0.3) is 0 Å². The minimum atomic E-state index is -0.832. The van der Waals surface area contributed by atoms with E-state index in [0.29, 0.717) is 6.42 Å². The maximum Gasteiger partial charge on any atom is 0.306 e. The number of carboxylic acids is 1. The Morgan fingerprint density at radius 2 is 1.15 bits per heavy atom. The molecule has 4 nitrogen and oxygen atoms in total. The van der Waals surface area contributed by atoms with Gasteiger partial charge < -0.3 is 5.11 Å². The van der Waals surface area contributed by atoms with Crippen molar-refractivity contribution in [2.24, 2.45) is 0 Å². The lowest BCUT2D eigenvalue weighted by atomic mass is 9.85. The summed E-state index contributed by atoms with van der Waals surface area (Å²) in [7, 11) is 0. The summed E-state index contributed by atoms with van der Waals surface area (Å²) in [6.45, 7) is 6.15. The van der Waals surface area contributed by atoms with Crippen molar-refractivity contribution >= 4 is 5.97 Å². The molecule has 0 aromatic heterocycles. The van der Waals surface area contributed by atoms with E-state index in [-0.39, 0.29) is 12.0 Å². The van der Waals surface area contributed by atoms with Crippen LogP contribution >= 0.6 is 0 Å². The van der Waals surface area contributed by atoms with E-state index in [1.54, 1.807) is 0 Å². The fraction of sp³-hybridized carbons (Fsp3) is 0.957. The monoisotopic (exact) mass is 384 g/mol. The van der Waals surface area contributed by atoms with Crippen LogP contribution in [-0.2, 0) is 14.6 Å². The quantitative estimate of drug-likeness (QED) is 0.213. The van der Waals surface area contributed by atoms with Crippen LogP contribution in [0.5, 0.6) is 0 Å². The van der Waals surface area contributed by atoms with Crippen LogP contribution in [0.15, 0.2) is 0 Å². The van der Waals surface area contributed by atoms with Gasteiger partial charge in [0, 0.05) is 6.42 Å². The van der Waals surface area contributed by atoms with Crippen molar-refractivity contribution in [3.05, 3.63) is 0 Å². The molecule has 160 valence electrons. The van der Waals surface area contributed by atoms with Gasteiger partial charge in [0.05, 0.1) is 6.42 Å². The van der Waals surface area contributed by atoms with Gasteiger partial charge in [-0.25, -0.2) is 9.78 Å². The van der Waals surface area contributed by atoms with Gasteiger partial charge in [-0.3, -0.25) is 4.79 Å². The van der Waals surface area contributed by atoms with E-state index in [0.717, 1.165) is 12.8 Å². The van der Waals surface area contributed by atoms with Gasteiger partial charge in [-0.1, -0.05) is 96.8 Å². The molecule has 0 unspecified atom stereocenters. The number of carboxylic acid groups (broad SMARTS) is 1. The zero-order valence-corrected chi connectivity index (χ0v) is 18.2. The Labute approximate surface area is 167 Å². The SMILES string of the molecule is CCCCCCCCCCCCCCCC[C@]1(C)C[C@](C)(CC(=O)O)OO1. The third-order valence-electron chi connectivity index (χ3n) is 5.78. The molecular weight excluding hydrogens is 340 g/mol. The summed E-state index contributed by atoms with van der Waals surface area (Å²) in [6.07, 6.45) is 20.6. The summed E-state index contributed by atoms with van der Waals surface area (Å²) in [5.41, 5.74) is -1.02. The third-order valence-corrected chi connectivity index (χ3v) is 5.78. The van der Waals surface area contributed by atoms with E-state index in [2.05, 4.69) is 6.92 Å². The molecule has 0 amide bonds. The molecule has 0 aromatic carbocycles. The molecule has 1 aliphatic heterocycles. The molecule has 0 bridgehead atoms. The molecule has 1 aliphatic rings. The first-order valence-corrected chi connectivity index (χ1v) is 11.5. The van der Waals surface area contributed by atoms with E-state index in [9.17, 15) is 4.79 Å². The van der Waals surface area contributed by atoms with E-state index in [4.69, 9.17) is 14.9 Å². The molecule has 1 N–H and O–H groups in total. The minimum Gasteiger partial charge on any atom is -0.481 e. The zero-order chi connectivity index (χ0) is 20.0. The normalized spacial score (nSPS) is 25.1. The van der Waals surface area contributed by atoms with Crippen LogP contribution in [-0.4, -0.2) is 22.3 Å². The van der Waals surface area contributed by atoms with Gasteiger partial charge in [-0.05, 0) is 20.3 Å². The van der Waals surface area contributed by atoms with Gasteiger partial charge in [0.2, 0.25) is 0 Å². The van der Waals surface area contributed by atoms with E-state index in [1.165, 1.54) is 83.5 Å². The first kappa shape index (κ1) is 24.4. The van der Waals surface area contributed by atoms with E-state index >= 15 is 0 Å². The molecule has 0 saturated carbocycles. The Bertz CT molecular complexity index is 398. The third kappa shape index (κ3) is 11.7. The molecular formula is C23H44O4. The molecule has 4 heteroatoms. The van der Waals surface area contributed by atoms with Crippen molar-refractivity contribution in [1.29, 1.82) is 0 Å². The highest BCUT2D eigenvalue weighted by molar-refractivity contribution is 5.68. The Balaban J connectivity index is 1.91. The fourth-order valence-corrected chi connectivity index (χ4v) is 4.29. The van der Waals surface area contributed by atoms with Crippen molar-refractivity contribution < 1.29 is 19.7 Å². The summed E-state index contributed by atoms with van der Waals surface area (Å²) in [5.74, 6) is -0.832. The maximum atomic E-state index is 10.9. The largest absolute Gasteiger partial charge is 0.481 e. The summed E-state index contributed by atoms with van der Waals surface area (Å²) in [6, 6.07) is 0. The number of hydrogen-bond donors (Lipinski definition) is 1. The fourth-order valence-electron chi connectivity index (χ4n) is 4.29. The predicted molar refractivity (Wildman–Crippen MR) is 111 cm³/mol. The number of rotatable bonds is 17. The van der Waals surface area contributed by atoms with Gasteiger partial charge in [0.1, 0.15) is 11.2 Å². The molecule has 0 spiro atoms. The molecule has 1 fully saturated rings. The Hall–Kier alpha value is -0.610. The van der Waals surface area contributed by atoms with Crippen molar-refractivity contribution in [2.75, 3.05) is 0 Å². The van der Waals surface area contributed by atoms with Gasteiger partial charge in [0.15, 0.2) is 0 Å². The summed E-state index contributed by atoms with van der Waals surface area (Å²) in [4.78, 5) is 21.8. The Kier molecular flexibility index (Phi) is 12.3. The van der Waals surface area contributed by atoms with Crippen LogP contribution in [0.25, 0.3) is 0 Å². The van der Waals surface area contributed by atoms with Crippen LogP contribution in [0, 0.1) is 0 Å². The highest BCUT2D eigenvalue weighted by Gasteiger charge is 2.47. The summed E-state index contributed by atoms with van der Waals surface area (Å²) >= 11 is 0. The van der Waals surface area contributed by atoms with Crippen molar-refractivity contribution in [3.8, 4) is 0 Å². The van der Waals surface area contributed by atoms with Crippen LogP contribution < -0.4 is 0 Å². The van der Waals surface area contributed by atoms with Crippen LogP contribution in [0.2, 0.25) is 0 Å². The summed E-state index contributed by atoms with van der Waals surface area (Å²) < 4.78 is 0. The lowest BCUT2D eigenvalue weighted by molar-refractivity contribution is -0.345. The molecule has 0 aromatic rings. The van der Waals surface area contributed by atoms with Crippen molar-refractivity contribution in [1.82, 2.24) is 0 Å². The second kappa shape index (κ2) is 13.5. The van der Waals surface area contributed by atoms with Crippen molar-refractivity contribution in [3.63, 3.8) is 0 Å². The first-order valence-electron chi connectivity index (χ1n) is 11.5. The van der Waals surface area contributed by atoms with Gasteiger partial charge in [-0.15, -0.1) is 0 Å². The topological polar surface area (TPSA) is 55.8 Å². The highest BCUT2D eigenvalue weighted by atomic mass is 17.2. The van der Waals surface area contributed by atoms with Crippen molar-refractivity contribution in [2.45, 2.75) is 141 Å². The van der Waals surface area contributed by atoms with Crippen LogP contribution in [0.4, 0.5) is 0 Å². The smallest absolute Gasteiger partial charge is 0.306 e. The predicted octanol–water partition coefficient (Wildman–Crippen LogP) is 7.20. The lowest BCUT2D eigenvalue weighted by Crippen LogP contribution is -2.30. The number of hydrogen-bond acceptors (Lipinski definition) is 3. The molecule has 1 saturated heterocycles. The average Bonchev–Trinajstić information content (AvgIpc) is 2.89. The number of aliphatic carboxylic acids is 1. The highest BCUT2D eigenvalue weighted by Crippen LogP contribution is 2.40. The molecule has 1 rings (SSSR count). The molecule has 0 aliphatic carbocycles. The number of carbonyl (C=O) groups is 1. The Morgan fingerprint density at radius 1 is 0.741 bits per heavy atom. The molecule has 27 heavy (non-hydrogen) atoms. The maximum absolute atomic E-state index is 10.9. The summed E-state index contributed by atoms with van der Waals surface area (Å²) in [5, 5.41) is 8.98. The second-order valence-electron chi connectivity index (χ2n) is 9.16. The van der Waals surface area contributed by atoms with E-state index < -0.39 is 11.6 Å². The first-order chi connectivity index (χ1) is 12.9. The van der Waals surface area contributed by atoms with E-state index in [1.807, 2.05) is 13.8 Å².